The van der Waals surface area contributed by atoms with Crippen LogP contribution in [-0.4, -0.2) is 68.8 Å². The third kappa shape index (κ3) is 5.57. The molecule has 3 aliphatic rings. The van der Waals surface area contributed by atoms with Crippen LogP contribution < -0.4 is 0 Å². The van der Waals surface area contributed by atoms with Gasteiger partial charge in [-0.15, -0.1) is 0 Å². The summed E-state index contributed by atoms with van der Waals surface area (Å²) < 4.78 is 43.5. The predicted molar refractivity (Wildman–Crippen MR) is 161 cm³/mol. The summed E-state index contributed by atoms with van der Waals surface area (Å²) in [7, 11) is -2.39. The lowest BCUT2D eigenvalue weighted by molar-refractivity contribution is -0.0405. The number of aromatic nitrogens is 4. The van der Waals surface area contributed by atoms with Crippen molar-refractivity contribution >= 4 is 48.4 Å². The lowest BCUT2D eigenvalue weighted by Crippen LogP contribution is -2.49. The van der Waals surface area contributed by atoms with Crippen molar-refractivity contribution in [3.63, 3.8) is 0 Å². The van der Waals surface area contributed by atoms with E-state index in [-0.39, 0.29) is 39.5 Å². The summed E-state index contributed by atoms with van der Waals surface area (Å²) in [6.45, 7) is 19.0. The van der Waals surface area contributed by atoms with Gasteiger partial charge in [-0.2, -0.15) is 4.98 Å². The van der Waals surface area contributed by atoms with E-state index in [9.17, 15) is 5.11 Å². The Bertz CT molecular complexity index is 1340. The minimum absolute atomic E-state index is 0.00564. The van der Waals surface area contributed by atoms with Crippen molar-refractivity contribution in [3.8, 4) is 5.88 Å². The molecule has 1 aliphatic carbocycles. The summed E-state index contributed by atoms with van der Waals surface area (Å²) in [4.78, 5) is 12.2. The smallest absolute Gasteiger partial charge is 0.248 e. The molecule has 0 aromatic carbocycles. The zero-order valence-corrected chi connectivity index (χ0v) is 27.7. The van der Waals surface area contributed by atoms with Crippen LogP contribution >= 0.6 is 17.1 Å². The third-order valence-electron chi connectivity index (χ3n) is 8.96. The molecule has 0 bridgehead atoms. The first-order valence-electron chi connectivity index (χ1n) is 13.7. The first-order valence-corrected chi connectivity index (χ1v) is 20.6. The van der Waals surface area contributed by atoms with Gasteiger partial charge in [0, 0.05) is 4.75 Å². The third-order valence-corrected chi connectivity index (χ3v) is 19.3. The Morgan fingerprint density at radius 3 is 2.77 bits per heavy atom. The van der Waals surface area contributed by atoms with E-state index in [1.54, 1.807) is 11.4 Å². The maximum Gasteiger partial charge on any atom is 0.248 e. The number of rotatable bonds is 7. The van der Waals surface area contributed by atoms with Gasteiger partial charge in [0.25, 0.3) is 0 Å². The number of allylic oxidation sites excluding steroid dienone is 1. The van der Waals surface area contributed by atoms with Crippen molar-refractivity contribution in [1.29, 1.82) is 0 Å². The average molecular weight is 631 g/mol. The lowest BCUT2D eigenvalue weighted by atomic mass is 9.77. The fourth-order valence-electron chi connectivity index (χ4n) is 5.34. The minimum Gasteiger partial charge on any atom is -0.492 e. The molecule has 3 fully saturated rings. The Balaban J connectivity index is 1.38. The van der Waals surface area contributed by atoms with Crippen molar-refractivity contribution in [3.05, 3.63) is 24.8 Å². The van der Waals surface area contributed by atoms with Crippen LogP contribution in [0.5, 0.6) is 5.88 Å². The van der Waals surface area contributed by atoms with Crippen molar-refractivity contribution < 1.29 is 27.7 Å². The molecule has 4 heterocycles. The molecule has 5 rings (SSSR count). The number of hydrogen-bond acceptors (Lipinski definition) is 10. The van der Waals surface area contributed by atoms with Crippen LogP contribution in [0.25, 0.3) is 11.2 Å². The molecule has 1 N–H and O–H groups in total. The number of ether oxygens (including phenoxy) is 1. The summed E-state index contributed by atoms with van der Waals surface area (Å²) in [5.74, 6) is 0.144. The van der Waals surface area contributed by atoms with Crippen LogP contribution in [0.2, 0.25) is 18.1 Å². The first kappa shape index (κ1) is 30.5. The second-order valence-electron chi connectivity index (χ2n) is 12.9. The van der Waals surface area contributed by atoms with Gasteiger partial charge in [-0.3, -0.25) is 4.57 Å². The highest BCUT2D eigenvalue weighted by Crippen LogP contribution is 2.75. The summed E-state index contributed by atoms with van der Waals surface area (Å²) in [5, 5.41) is 9.96. The Kier molecular flexibility index (Phi) is 8.14. The molecule has 2 aliphatic heterocycles. The van der Waals surface area contributed by atoms with E-state index in [1.165, 1.54) is 22.8 Å². The number of fused-ring (bicyclic) bond motifs is 2. The lowest BCUT2D eigenvalue weighted by Gasteiger charge is -2.39. The summed E-state index contributed by atoms with van der Waals surface area (Å²) in [6, 6.07) is 0. The molecule has 0 radical (unpaired) electrons. The van der Waals surface area contributed by atoms with Crippen molar-refractivity contribution in [2.24, 2.45) is 5.92 Å². The quantitative estimate of drug-likeness (QED) is 0.203. The largest absolute Gasteiger partial charge is 0.492 e. The molecule has 0 spiro atoms. The van der Waals surface area contributed by atoms with Crippen LogP contribution in [0, 0.1) is 5.92 Å². The maximum absolute atomic E-state index is 16.3. The van der Waals surface area contributed by atoms with Crippen LogP contribution in [-0.2, 0) is 30.0 Å². The van der Waals surface area contributed by atoms with Crippen molar-refractivity contribution in [1.82, 2.24) is 19.5 Å². The Morgan fingerprint density at radius 2 is 2.10 bits per heavy atom. The summed E-state index contributed by atoms with van der Waals surface area (Å²) in [5.41, 5.74) is -1.08. The van der Waals surface area contributed by atoms with Gasteiger partial charge in [-0.05, 0) is 69.0 Å². The van der Waals surface area contributed by atoms with E-state index in [1.807, 2.05) is 0 Å². The molecule has 9 nitrogen and oxygen atoms in total. The number of alkyl halides is 1. The highest BCUT2D eigenvalue weighted by atomic mass is 32.9. The Labute approximate surface area is 245 Å². The van der Waals surface area contributed by atoms with Gasteiger partial charge in [0.15, 0.2) is 31.9 Å². The highest BCUT2D eigenvalue weighted by Gasteiger charge is 2.55. The molecule has 222 valence electrons. The molecule has 2 aromatic heterocycles. The molecule has 1 saturated carbocycles. The van der Waals surface area contributed by atoms with Gasteiger partial charge < -0.3 is 23.3 Å². The van der Waals surface area contributed by atoms with Gasteiger partial charge in [-0.25, -0.2) is 14.4 Å². The van der Waals surface area contributed by atoms with Gasteiger partial charge in [0.1, 0.15) is 18.5 Å². The maximum atomic E-state index is 16.3. The molecule has 0 unspecified atom stereocenters. The zero-order chi connectivity index (χ0) is 29.3. The Morgan fingerprint density at radius 1 is 1.38 bits per heavy atom. The molecule has 0 amide bonds. The van der Waals surface area contributed by atoms with Gasteiger partial charge in [0.2, 0.25) is 11.6 Å². The number of nitrogens with zero attached hydrogens (tertiary/aromatic N) is 4. The van der Waals surface area contributed by atoms with E-state index in [0.717, 1.165) is 19.3 Å². The standard InChI is InChI=1S/C26H40FN4O5PS2Si/c1-15(2)16-9-10-26(6)18(11-16)35-37(38,39-26)33-12-17-21(36-40(7,8)25(3,4)5)19(27)24(34-17)31-14-30-20-22(31)28-13-29-23(20)32/h13-14,16-19,21,24H,1,9-12H2,2-8H3,(H,28,29,32)/t16-,17-,18+,19-,21-,24-,26+,37+/m1/s1. The molecule has 8 atom stereocenters. The van der Waals surface area contributed by atoms with Crippen molar-refractivity contribution in [2.75, 3.05) is 6.61 Å². The monoisotopic (exact) mass is 630 g/mol. The molecule has 40 heavy (non-hydrogen) atoms. The normalized spacial score (nSPS) is 36.7. The number of imidazole rings is 1. The number of halogens is 1. The Hall–Kier alpha value is -0.923. The topological polar surface area (TPSA) is 101 Å². The van der Waals surface area contributed by atoms with E-state index >= 15 is 4.39 Å². The fourth-order valence-corrected chi connectivity index (χ4v) is 13.8. The molecular formula is C26H40FN4O5PS2Si. The van der Waals surface area contributed by atoms with Gasteiger partial charge in [0.05, 0.1) is 19.0 Å². The van der Waals surface area contributed by atoms with E-state index < -0.39 is 38.6 Å². The second-order valence-corrected chi connectivity index (χ2v) is 24.3. The first-order chi connectivity index (χ1) is 18.5. The molecule has 14 heteroatoms. The molecule has 2 saturated heterocycles. The fraction of sp³-hybridized carbons (Fsp3) is 0.731. The zero-order valence-electron chi connectivity index (χ0n) is 24.2. The highest BCUT2D eigenvalue weighted by molar-refractivity contribution is 8.68. The SMILES string of the molecule is C=C(C)[C@@H]1CC[C@]2(C)S[P@@](=S)(OC[C@H]3O[C@@H](n4cnc5c(O)ncnc54)[C@H](F)[C@@H]3O[Si](C)(C)C(C)(C)C)O[C@H]2C1. The van der Waals surface area contributed by atoms with Crippen molar-refractivity contribution in [2.45, 2.75) is 107 Å². The van der Waals surface area contributed by atoms with Crippen LogP contribution in [0.15, 0.2) is 24.8 Å². The number of aromatic hydroxyl groups is 1. The van der Waals surface area contributed by atoms with Crippen LogP contribution in [0.3, 0.4) is 0 Å². The number of hydrogen-bond donors (Lipinski definition) is 1. The minimum atomic E-state index is -2.70. The summed E-state index contributed by atoms with van der Waals surface area (Å²) in [6.07, 6.45) is 1.30. The second kappa shape index (κ2) is 10.7. The van der Waals surface area contributed by atoms with Gasteiger partial charge >= 0.3 is 0 Å². The average Bonchev–Trinajstić information content (AvgIpc) is 3.48. The van der Waals surface area contributed by atoms with E-state index in [2.05, 4.69) is 69.2 Å². The molecular weight excluding hydrogens is 591 g/mol. The summed E-state index contributed by atoms with van der Waals surface area (Å²) >= 11 is 7.61. The van der Waals surface area contributed by atoms with Crippen LogP contribution in [0.1, 0.15) is 60.1 Å². The molecule has 2 aromatic rings. The van der Waals surface area contributed by atoms with Crippen LogP contribution in [0.4, 0.5) is 4.39 Å². The predicted octanol–water partition coefficient (Wildman–Crippen LogP) is 6.67. The van der Waals surface area contributed by atoms with Gasteiger partial charge in [-0.1, -0.05) is 44.3 Å². The van der Waals surface area contributed by atoms with E-state index in [4.69, 9.17) is 30.0 Å². The van der Waals surface area contributed by atoms with E-state index in [0.29, 0.717) is 5.92 Å².